The van der Waals surface area contributed by atoms with Crippen molar-refractivity contribution in [3.05, 3.63) is 22.5 Å². The van der Waals surface area contributed by atoms with Crippen LogP contribution in [0.1, 0.15) is 103 Å². The molecule has 0 aliphatic rings. The Morgan fingerprint density at radius 3 is 2.20 bits per heavy atom. The SMILES string of the molecule is CCCCCCN=c1sc2cc(C)c(OCCCCCC)cc2n1CCCCCC. The standard InChI is InChI=1S/C26H44N2OS/c1-5-8-11-14-17-27-26-28(18-15-12-9-6-2)23-21-24(22(4)20-25(23)30-26)29-19-16-13-10-7-3/h20-21H,5-19H2,1-4H3. The van der Waals surface area contributed by atoms with Crippen molar-refractivity contribution in [2.75, 3.05) is 13.2 Å². The third kappa shape index (κ3) is 8.09. The molecule has 4 heteroatoms. The summed E-state index contributed by atoms with van der Waals surface area (Å²) >= 11 is 1.85. The minimum absolute atomic E-state index is 0.821. The van der Waals surface area contributed by atoms with Crippen LogP contribution in [0.3, 0.4) is 0 Å². The number of ether oxygens (including phenoxy) is 1. The summed E-state index contributed by atoms with van der Waals surface area (Å²) in [5.41, 5.74) is 2.55. The molecule has 30 heavy (non-hydrogen) atoms. The monoisotopic (exact) mass is 432 g/mol. The van der Waals surface area contributed by atoms with Gasteiger partial charge in [-0.25, -0.2) is 0 Å². The molecule has 0 saturated heterocycles. The van der Waals surface area contributed by atoms with E-state index in [1.54, 1.807) is 0 Å². The lowest BCUT2D eigenvalue weighted by Crippen LogP contribution is -2.15. The van der Waals surface area contributed by atoms with Gasteiger partial charge in [0.25, 0.3) is 0 Å². The van der Waals surface area contributed by atoms with Crippen LogP contribution < -0.4 is 9.54 Å². The Kier molecular flexibility index (Phi) is 12.2. The zero-order valence-corrected chi connectivity index (χ0v) is 20.8. The average molecular weight is 433 g/mol. The Balaban J connectivity index is 2.20. The largest absolute Gasteiger partial charge is 0.493 e. The molecule has 0 amide bonds. The van der Waals surface area contributed by atoms with Gasteiger partial charge in [-0.15, -0.1) is 0 Å². The predicted octanol–water partition coefficient (Wildman–Crippen LogP) is 8.03. The van der Waals surface area contributed by atoms with Gasteiger partial charge in [0.15, 0.2) is 4.80 Å². The van der Waals surface area contributed by atoms with E-state index < -0.39 is 0 Å². The van der Waals surface area contributed by atoms with Crippen molar-refractivity contribution in [3.63, 3.8) is 0 Å². The van der Waals surface area contributed by atoms with Crippen LogP contribution in [-0.2, 0) is 6.54 Å². The summed E-state index contributed by atoms with van der Waals surface area (Å²) < 4.78 is 9.98. The zero-order chi connectivity index (χ0) is 21.6. The molecule has 0 saturated carbocycles. The summed E-state index contributed by atoms with van der Waals surface area (Å²) in [5, 5.41) is 0. The summed E-state index contributed by atoms with van der Waals surface area (Å²) in [6, 6.07) is 4.58. The summed E-state index contributed by atoms with van der Waals surface area (Å²) in [7, 11) is 0. The first-order valence-corrected chi connectivity index (χ1v) is 13.3. The van der Waals surface area contributed by atoms with Crippen LogP contribution >= 0.6 is 11.3 Å². The van der Waals surface area contributed by atoms with E-state index in [1.807, 2.05) is 11.3 Å². The van der Waals surface area contributed by atoms with Gasteiger partial charge in [0.05, 0.1) is 16.8 Å². The first-order valence-electron chi connectivity index (χ1n) is 12.5. The fourth-order valence-corrected chi connectivity index (χ4v) is 4.97. The number of aromatic nitrogens is 1. The number of rotatable bonds is 16. The Labute approximate surface area is 188 Å². The zero-order valence-electron chi connectivity index (χ0n) is 20.0. The average Bonchev–Trinajstić information content (AvgIpc) is 3.07. The molecule has 0 bridgehead atoms. The number of unbranched alkanes of at least 4 members (excludes halogenated alkanes) is 9. The van der Waals surface area contributed by atoms with E-state index in [-0.39, 0.29) is 0 Å². The van der Waals surface area contributed by atoms with Gasteiger partial charge in [0.1, 0.15) is 5.75 Å². The van der Waals surface area contributed by atoms with Crippen LogP contribution in [0.2, 0.25) is 0 Å². The molecule has 0 aliphatic carbocycles. The lowest BCUT2D eigenvalue weighted by Gasteiger charge is -2.11. The van der Waals surface area contributed by atoms with E-state index in [2.05, 4.69) is 44.4 Å². The van der Waals surface area contributed by atoms with E-state index in [1.165, 1.54) is 91.2 Å². The van der Waals surface area contributed by atoms with Crippen LogP contribution in [0, 0.1) is 6.92 Å². The van der Waals surface area contributed by atoms with Crippen LogP contribution in [0.25, 0.3) is 10.2 Å². The highest BCUT2D eigenvalue weighted by molar-refractivity contribution is 7.16. The smallest absolute Gasteiger partial charge is 0.185 e. The summed E-state index contributed by atoms with van der Waals surface area (Å²) in [6.45, 7) is 11.8. The first kappa shape index (κ1) is 25.0. The van der Waals surface area contributed by atoms with Gasteiger partial charge in [-0.05, 0) is 37.8 Å². The highest BCUT2D eigenvalue weighted by Crippen LogP contribution is 2.28. The quantitative estimate of drug-likeness (QED) is 0.247. The second-order valence-electron chi connectivity index (χ2n) is 8.53. The number of nitrogens with zero attached hydrogens (tertiary/aromatic N) is 2. The molecule has 0 aliphatic heterocycles. The molecule has 0 atom stereocenters. The molecule has 0 fully saturated rings. The third-order valence-electron chi connectivity index (χ3n) is 5.73. The number of aryl methyl sites for hydroxylation is 2. The number of thiazole rings is 1. The lowest BCUT2D eigenvalue weighted by atomic mass is 10.2. The number of benzene rings is 1. The summed E-state index contributed by atoms with van der Waals surface area (Å²) in [6.07, 6.45) is 15.2. The second kappa shape index (κ2) is 14.7. The van der Waals surface area contributed by atoms with Crippen molar-refractivity contribution < 1.29 is 4.74 Å². The molecular weight excluding hydrogens is 388 g/mol. The molecule has 0 N–H and O–H groups in total. The maximum atomic E-state index is 6.18. The maximum Gasteiger partial charge on any atom is 0.185 e. The fraction of sp³-hybridized carbons (Fsp3) is 0.731. The van der Waals surface area contributed by atoms with Gasteiger partial charge in [-0.2, -0.15) is 0 Å². The molecule has 1 aromatic carbocycles. The normalized spacial score (nSPS) is 12.2. The molecule has 1 heterocycles. The van der Waals surface area contributed by atoms with Crippen molar-refractivity contribution >= 4 is 21.6 Å². The minimum atomic E-state index is 0.821. The topological polar surface area (TPSA) is 26.5 Å². The minimum Gasteiger partial charge on any atom is -0.493 e. The first-order chi connectivity index (χ1) is 14.7. The van der Waals surface area contributed by atoms with E-state index in [0.29, 0.717) is 0 Å². The molecule has 0 unspecified atom stereocenters. The number of hydrogen-bond donors (Lipinski definition) is 0. The Morgan fingerprint density at radius 1 is 0.833 bits per heavy atom. The molecule has 0 spiro atoms. The Morgan fingerprint density at radius 2 is 1.50 bits per heavy atom. The molecule has 1 aromatic heterocycles. The summed E-state index contributed by atoms with van der Waals surface area (Å²) in [4.78, 5) is 6.20. The fourth-order valence-electron chi connectivity index (χ4n) is 3.81. The van der Waals surface area contributed by atoms with E-state index >= 15 is 0 Å². The van der Waals surface area contributed by atoms with E-state index in [9.17, 15) is 0 Å². The van der Waals surface area contributed by atoms with Crippen LogP contribution in [0.15, 0.2) is 17.1 Å². The molecule has 0 radical (unpaired) electrons. The molecule has 3 nitrogen and oxygen atoms in total. The molecule has 170 valence electrons. The van der Waals surface area contributed by atoms with E-state index in [4.69, 9.17) is 9.73 Å². The Bertz CT molecular complexity index is 790. The van der Waals surface area contributed by atoms with Crippen molar-refractivity contribution in [2.24, 2.45) is 4.99 Å². The van der Waals surface area contributed by atoms with Gasteiger partial charge in [0.2, 0.25) is 0 Å². The number of fused-ring (bicyclic) bond motifs is 1. The van der Waals surface area contributed by atoms with Crippen molar-refractivity contribution in [1.29, 1.82) is 0 Å². The van der Waals surface area contributed by atoms with Crippen molar-refractivity contribution in [3.8, 4) is 5.75 Å². The van der Waals surface area contributed by atoms with Gasteiger partial charge in [0, 0.05) is 19.2 Å². The molecule has 2 aromatic rings. The van der Waals surface area contributed by atoms with Crippen molar-refractivity contribution in [1.82, 2.24) is 4.57 Å². The summed E-state index contributed by atoms with van der Waals surface area (Å²) in [5.74, 6) is 1.05. The third-order valence-corrected chi connectivity index (χ3v) is 6.81. The van der Waals surface area contributed by atoms with Gasteiger partial charge >= 0.3 is 0 Å². The van der Waals surface area contributed by atoms with Gasteiger partial charge in [-0.1, -0.05) is 89.9 Å². The van der Waals surface area contributed by atoms with Crippen LogP contribution in [0.4, 0.5) is 0 Å². The number of hydrogen-bond acceptors (Lipinski definition) is 3. The second-order valence-corrected chi connectivity index (χ2v) is 9.54. The van der Waals surface area contributed by atoms with E-state index in [0.717, 1.165) is 31.9 Å². The maximum absolute atomic E-state index is 6.18. The predicted molar refractivity (Wildman–Crippen MR) is 133 cm³/mol. The highest BCUT2D eigenvalue weighted by atomic mass is 32.1. The van der Waals surface area contributed by atoms with Gasteiger partial charge in [-0.3, -0.25) is 4.99 Å². The van der Waals surface area contributed by atoms with Crippen molar-refractivity contribution in [2.45, 2.75) is 111 Å². The lowest BCUT2D eigenvalue weighted by molar-refractivity contribution is 0.303. The molecule has 2 rings (SSSR count). The Hall–Kier alpha value is -1.29. The van der Waals surface area contributed by atoms with Crippen LogP contribution in [-0.4, -0.2) is 17.7 Å². The van der Waals surface area contributed by atoms with Crippen LogP contribution in [0.5, 0.6) is 5.75 Å². The molecular formula is C26H44N2OS. The highest BCUT2D eigenvalue weighted by Gasteiger charge is 2.10. The van der Waals surface area contributed by atoms with Gasteiger partial charge < -0.3 is 9.30 Å².